The quantitative estimate of drug-likeness (QED) is 0.369. The minimum Gasteiger partial charge on any atom is -0.824 e. The third kappa shape index (κ3) is 7.74. The van der Waals surface area contributed by atoms with Gasteiger partial charge in [-0.25, -0.2) is 0 Å². The summed E-state index contributed by atoms with van der Waals surface area (Å²) < 4.78 is 20.8. The largest absolute Gasteiger partial charge is 0.824 e. The topological polar surface area (TPSA) is 23.1 Å². The zero-order chi connectivity index (χ0) is 8.91. The van der Waals surface area contributed by atoms with Gasteiger partial charge in [-0.15, -0.1) is 0 Å². The summed E-state index contributed by atoms with van der Waals surface area (Å²) in [4.78, 5) is 0. The molecule has 1 heterocycles. The van der Waals surface area contributed by atoms with Gasteiger partial charge in [0.25, 0.3) is 0 Å². The molecule has 1 aliphatic heterocycles. The number of likely N-dealkylation sites (tertiary alicyclic amines) is 1. The van der Waals surface area contributed by atoms with Crippen molar-refractivity contribution in [3.8, 4) is 0 Å². The first-order valence-electron chi connectivity index (χ1n) is 3.70. The number of rotatable bonds is 0. The molecule has 0 radical (unpaired) electrons. The average molecular weight is 165 g/mol. The second-order valence-corrected chi connectivity index (χ2v) is 3.35. The van der Waals surface area contributed by atoms with Crippen LogP contribution >= 0.6 is 0 Å². The Balaban J connectivity index is 0.000000218. The molecule has 2 nitrogen and oxygen atoms in total. The second-order valence-electron chi connectivity index (χ2n) is 3.35. The van der Waals surface area contributed by atoms with Crippen LogP contribution in [0.15, 0.2) is 0 Å². The lowest BCUT2D eigenvalue weighted by atomic mass is 10.4. The van der Waals surface area contributed by atoms with Gasteiger partial charge in [-0.3, -0.25) is 0 Å². The number of quaternary nitrogens is 1. The Morgan fingerprint density at radius 1 is 1.18 bits per heavy atom. The van der Waals surface area contributed by atoms with Crippen LogP contribution in [0, 0.1) is 0 Å². The maximum atomic E-state index is 9.78. The molecule has 0 bridgehead atoms. The lowest BCUT2D eigenvalue weighted by Gasteiger charge is -2.21. The van der Waals surface area contributed by atoms with Gasteiger partial charge in [0.05, 0.1) is 27.2 Å². The molecule has 0 unspecified atom stereocenters. The molecule has 1 aliphatic rings. The molecule has 0 N–H and O–H groups in total. The standard InChI is InChI=1S/C6H14N.BF2O/c1-7(2)5-3-4-6-7;2-1(3)4/h3-6H2,1-2H3;/q+1;-1. The first kappa shape index (κ1) is 10.8. The minimum atomic E-state index is -3.42. The summed E-state index contributed by atoms with van der Waals surface area (Å²) in [5.74, 6) is 0. The molecule has 0 amide bonds. The van der Waals surface area contributed by atoms with Crippen molar-refractivity contribution < 1.29 is 18.1 Å². The van der Waals surface area contributed by atoms with Crippen molar-refractivity contribution in [2.75, 3.05) is 27.2 Å². The predicted molar refractivity (Wildman–Crippen MR) is 39.0 cm³/mol. The first-order valence-corrected chi connectivity index (χ1v) is 3.70. The van der Waals surface area contributed by atoms with Crippen LogP contribution in [0.4, 0.5) is 8.63 Å². The van der Waals surface area contributed by atoms with Gasteiger partial charge >= 0.3 is 7.47 Å². The van der Waals surface area contributed by atoms with Crippen molar-refractivity contribution in [1.82, 2.24) is 0 Å². The predicted octanol–water partition coefficient (Wildman–Crippen LogP) is 0.127. The Bertz CT molecular complexity index is 100. The van der Waals surface area contributed by atoms with Gasteiger partial charge in [-0.1, -0.05) is 0 Å². The Morgan fingerprint density at radius 3 is 1.55 bits per heavy atom. The SMILES string of the molecule is C[N+]1(C)CCCC1.[O-]B(F)F. The summed E-state index contributed by atoms with van der Waals surface area (Å²) in [6, 6.07) is 0. The van der Waals surface area contributed by atoms with E-state index in [4.69, 9.17) is 5.02 Å². The van der Waals surface area contributed by atoms with E-state index in [1.54, 1.807) is 0 Å². The van der Waals surface area contributed by atoms with E-state index in [9.17, 15) is 8.63 Å². The second kappa shape index (κ2) is 4.67. The molecule has 0 aliphatic carbocycles. The molecular formula is C6H14BF2NO. The summed E-state index contributed by atoms with van der Waals surface area (Å²) in [6.07, 6.45) is 2.88. The fourth-order valence-electron chi connectivity index (χ4n) is 1.19. The van der Waals surface area contributed by atoms with Crippen LogP contribution in [-0.4, -0.2) is 39.1 Å². The molecule has 0 saturated carbocycles. The van der Waals surface area contributed by atoms with Crippen LogP contribution in [-0.2, 0) is 0 Å². The van der Waals surface area contributed by atoms with Crippen LogP contribution in [0.3, 0.4) is 0 Å². The number of halogens is 2. The van der Waals surface area contributed by atoms with Crippen LogP contribution in [0.2, 0.25) is 0 Å². The summed E-state index contributed by atoms with van der Waals surface area (Å²) in [5, 5.41) is 8.19. The number of hydrogen-bond donors (Lipinski definition) is 0. The van der Waals surface area contributed by atoms with Crippen LogP contribution in [0.25, 0.3) is 0 Å². The van der Waals surface area contributed by atoms with Gasteiger partial charge in [0.15, 0.2) is 0 Å². The Kier molecular flexibility index (Phi) is 4.60. The minimum absolute atomic E-state index is 1.25. The van der Waals surface area contributed by atoms with Crippen molar-refractivity contribution in [1.29, 1.82) is 0 Å². The van der Waals surface area contributed by atoms with Crippen molar-refractivity contribution in [2.45, 2.75) is 12.8 Å². The average Bonchev–Trinajstić information content (AvgIpc) is 2.11. The van der Waals surface area contributed by atoms with E-state index in [2.05, 4.69) is 14.1 Å². The molecule has 0 spiro atoms. The molecule has 11 heavy (non-hydrogen) atoms. The Morgan fingerprint density at radius 2 is 1.45 bits per heavy atom. The van der Waals surface area contributed by atoms with Gasteiger partial charge < -0.3 is 18.1 Å². The Hall–Kier alpha value is -0.155. The third-order valence-corrected chi connectivity index (χ3v) is 1.78. The maximum Gasteiger partial charge on any atom is 0.447 e. The highest BCUT2D eigenvalue weighted by atomic mass is 19.2. The van der Waals surface area contributed by atoms with Gasteiger partial charge in [0.2, 0.25) is 0 Å². The van der Waals surface area contributed by atoms with Crippen LogP contribution in [0.5, 0.6) is 0 Å². The summed E-state index contributed by atoms with van der Waals surface area (Å²) in [5.41, 5.74) is 0. The lowest BCUT2D eigenvalue weighted by Crippen LogP contribution is -2.35. The molecule has 5 heteroatoms. The lowest BCUT2D eigenvalue weighted by molar-refractivity contribution is -0.877. The molecule has 66 valence electrons. The molecule has 1 rings (SSSR count). The smallest absolute Gasteiger partial charge is 0.447 e. The third-order valence-electron chi connectivity index (χ3n) is 1.78. The van der Waals surface area contributed by atoms with E-state index in [1.807, 2.05) is 0 Å². The highest BCUT2D eigenvalue weighted by Crippen LogP contribution is 2.11. The molecule has 0 aromatic heterocycles. The van der Waals surface area contributed by atoms with Gasteiger partial charge in [-0.2, -0.15) is 0 Å². The monoisotopic (exact) mass is 165 g/mol. The number of hydrogen-bond acceptors (Lipinski definition) is 1. The van der Waals surface area contributed by atoms with E-state index in [1.165, 1.54) is 30.4 Å². The zero-order valence-corrected chi connectivity index (χ0v) is 7.02. The molecule has 0 aromatic carbocycles. The molecule has 0 atom stereocenters. The highest BCUT2D eigenvalue weighted by molar-refractivity contribution is 6.30. The zero-order valence-electron chi connectivity index (χ0n) is 7.02. The van der Waals surface area contributed by atoms with Gasteiger partial charge in [0, 0.05) is 12.8 Å². The number of nitrogens with zero attached hydrogens (tertiary/aromatic N) is 1. The van der Waals surface area contributed by atoms with Gasteiger partial charge in [0.1, 0.15) is 0 Å². The summed E-state index contributed by atoms with van der Waals surface area (Å²) >= 11 is 0. The van der Waals surface area contributed by atoms with Gasteiger partial charge in [-0.05, 0) is 0 Å². The van der Waals surface area contributed by atoms with Crippen molar-refractivity contribution in [2.24, 2.45) is 0 Å². The first-order chi connectivity index (χ1) is 4.94. The van der Waals surface area contributed by atoms with E-state index < -0.39 is 7.47 Å². The normalized spacial score (nSPS) is 20.5. The molecule has 0 aromatic rings. The van der Waals surface area contributed by atoms with Crippen LogP contribution in [0.1, 0.15) is 12.8 Å². The van der Waals surface area contributed by atoms with Crippen LogP contribution < -0.4 is 5.02 Å². The highest BCUT2D eigenvalue weighted by Gasteiger charge is 2.19. The summed E-state index contributed by atoms with van der Waals surface area (Å²) in [6.45, 7) is 2.78. The van der Waals surface area contributed by atoms with E-state index >= 15 is 0 Å². The fourth-order valence-corrected chi connectivity index (χ4v) is 1.19. The van der Waals surface area contributed by atoms with E-state index in [0.717, 1.165) is 0 Å². The molecular weight excluding hydrogens is 151 g/mol. The maximum absolute atomic E-state index is 9.78. The van der Waals surface area contributed by atoms with Crippen molar-refractivity contribution in [3.05, 3.63) is 0 Å². The van der Waals surface area contributed by atoms with E-state index in [-0.39, 0.29) is 0 Å². The molecule has 1 fully saturated rings. The Labute approximate surface area is 66.6 Å². The summed E-state index contributed by atoms with van der Waals surface area (Å²) in [7, 11) is 1.18. The fraction of sp³-hybridized carbons (Fsp3) is 1.00. The molecule has 1 saturated heterocycles. The van der Waals surface area contributed by atoms with Crippen molar-refractivity contribution >= 4 is 7.47 Å². The van der Waals surface area contributed by atoms with E-state index in [0.29, 0.717) is 0 Å². The van der Waals surface area contributed by atoms with Crippen molar-refractivity contribution in [3.63, 3.8) is 0 Å².